The third-order valence-corrected chi connectivity index (χ3v) is 4.92. The van der Waals surface area contributed by atoms with Gasteiger partial charge in [0.15, 0.2) is 5.82 Å². The first-order valence-electron chi connectivity index (χ1n) is 7.61. The number of carbonyl (C=O) groups is 1. The van der Waals surface area contributed by atoms with Gasteiger partial charge in [0, 0.05) is 18.0 Å². The summed E-state index contributed by atoms with van der Waals surface area (Å²) >= 11 is 7.68. The molecule has 0 unspecified atom stereocenters. The molecule has 0 atom stereocenters. The lowest BCUT2D eigenvalue weighted by Crippen LogP contribution is -2.36. The Bertz CT molecular complexity index is 701. The van der Waals surface area contributed by atoms with Crippen LogP contribution in [-0.4, -0.2) is 48.8 Å². The van der Waals surface area contributed by atoms with Gasteiger partial charge in [0.2, 0.25) is 5.28 Å². The van der Waals surface area contributed by atoms with Crippen molar-refractivity contribution < 1.29 is 14.3 Å². The number of halogens is 1. The third kappa shape index (κ3) is 3.91. The lowest BCUT2D eigenvalue weighted by molar-refractivity contribution is -0.143. The number of ether oxygens (including phenoxy) is 2. The van der Waals surface area contributed by atoms with E-state index >= 15 is 0 Å². The van der Waals surface area contributed by atoms with Crippen molar-refractivity contribution in [2.45, 2.75) is 19.8 Å². The van der Waals surface area contributed by atoms with Crippen LogP contribution in [0.25, 0.3) is 10.2 Å². The van der Waals surface area contributed by atoms with E-state index in [2.05, 4.69) is 14.9 Å². The molecule has 124 valence electrons. The molecule has 0 N–H and O–H groups in total. The van der Waals surface area contributed by atoms with Crippen LogP contribution in [0.2, 0.25) is 5.28 Å². The Morgan fingerprint density at radius 2 is 2.22 bits per heavy atom. The van der Waals surface area contributed by atoms with Gasteiger partial charge in [-0.2, -0.15) is 4.98 Å². The molecule has 1 aliphatic heterocycles. The van der Waals surface area contributed by atoms with Crippen molar-refractivity contribution >= 4 is 44.9 Å². The molecular weight excluding hydrogens is 338 g/mol. The van der Waals surface area contributed by atoms with E-state index in [0.717, 1.165) is 34.0 Å². The summed E-state index contributed by atoms with van der Waals surface area (Å²) in [6.07, 6.45) is 1.01. The van der Waals surface area contributed by atoms with E-state index in [-0.39, 0.29) is 11.3 Å². The molecule has 2 aromatic rings. The summed E-state index contributed by atoms with van der Waals surface area (Å²) in [6, 6.07) is 1.98. The monoisotopic (exact) mass is 355 g/mol. The number of hydrogen-bond donors (Lipinski definition) is 0. The number of aryl methyl sites for hydroxylation is 1. The van der Waals surface area contributed by atoms with E-state index in [1.807, 2.05) is 13.0 Å². The van der Waals surface area contributed by atoms with Crippen LogP contribution in [0.4, 0.5) is 5.82 Å². The van der Waals surface area contributed by atoms with Gasteiger partial charge in [-0.25, -0.2) is 4.98 Å². The summed E-state index contributed by atoms with van der Waals surface area (Å²) in [4.78, 5) is 23.5. The summed E-state index contributed by atoms with van der Waals surface area (Å²) in [6.45, 7) is 5.17. The molecule has 2 aromatic heterocycles. The van der Waals surface area contributed by atoms with Crippen molar-refractivity contribution in [2.75, 3.05) is 37.8 Å². The highest BCUT2D eigenvalue weighted by molar-refractivity contribution is 7.19. The van der Waals surface area contributed by atoms with Gasteiger partial charge in [-0.15, -0.1) is 11.3 Å². The quantitative estimate of drug-likeness (QED) is 0.607. The van der Waals surface area contributed by atoms with E-state index in [0.29, 0.717) is 32.7 Å². The van der Waals surface area contributed by atoms with Crippen LogP contribution in [0.5, 0.6) is 0 Å². The summed E-state index contributed by atoms with van der Waals surface area (Å²) in [5.41, 5.74) is 0.829. The fourth-order valence-electron chi connectivity index (χ4n) is 2.51. The van der Waals surface area contributed by atoms with Crippen molar-refractivity contribution in [3.63, 3.8) is 0 Å². The summed E-state index contributed by atoms with van der Waals surface area (Å²) in [7, 11) is 0. The highest BCUT2D eigenvalue weighted by Crippen LogP contribution is 2.33. The van der Waals surface area contributed by atoms with Crippen LogP contribution in [0.1, 0.15) is 18.2 Å². The second-order valence-electron chi connectivity index (χ2n) is 5.15. The van der Waals surface area contributed by atoms with E-state index in [9.17, 15) is 4.79 Å². The average Bonchev–Trinajstić information content (AvgIpc) is 2.96. The van der Waals surface area contributed by atoms with Crippen LogP contribution in [0.15, 0.2) is 6.07 Å². The summed E-state index contributed by atoms with van der Waals surface area (Å²) in [5, 5.41) is 0.244. The number of thiophene rings is 1. The van der Waals surface area contributed by atoms with Gasteiger partial charge >= 0.3 is 5.97 Å². The molecule has 3 rings (SSSR count). The smallest absolute Gasteiger partial charge is 0.306 e. The molecule has 23 heavy (non-hydrogen) atoms. The van der Waals surface area contributed by atoms with E-state index in [1.54, 1.807) is 11.3 Å². The van der Waals surface area contributed by atoms with E-state index in [1.165, 1.54) is 0 Å². The van der Waals surface area contributed by atoms with Gasteiger partial charge in [0.1, 0.15) is 0 Å². The average molecular weight is 356 g/mol. The van der Waals surface area contributed by atoms with Crippen LogP contribution in [0, 0.1) is 0 Å². The normalized spacial score (nSPS) is 15.1. The summed E-state index contributed by atoms with van der Waals surface area (Å²) in [5.74, 6) is 0.679. The molecule has 6 nitrogen and oxygen atoms in total. The minimum Gasteiger partial charge on any atom is -0.466 e. The lowest BCUT2D eigenvalue weighted by atomic mass is 10.2. The van der Waals surface area contributed by atoms with Crippen LogP contribution < -0.4 is 4.90 Å². The molecule has 0 amide bonds. The molecule has 0 aromatic carbocycles. The number of carbonyl (C=O) groups excluding carboxylic acids is 1. The van der Waals surface area contributed by atoms with Gasteiger partial charge in [0.05, 0.1) is 36.5 Å². The zero-order valence-electron chi connectivity index (χ0n) is 12.9. The Labute approximate surface area is 143 Å². The molecule has 0 saturated carbocycles. The number of esters is 1. The summed E-state index contributed by atoms with van der Waals surface area (Å²) < 4.78 is 11.4. The van der Waals surface area contributed by atoms with Crippen LogP contribution in [0.3, 0.4) is 0 Å². The first-order chi connectivity index (χ1) is 11.2. The fourth-order valence-corrected chi connectivity index (χ4v) is 3.79. The molecule has 1 saturated heterocycles. The second kappa shape index (κ2) is 7.42. The molecule has 0 aliphatic carbocycles. The standard InChI is InChI=1S/C15H18ClN3O3S/c1-2-22-12(20)4-3-10-9-11-13(23-10)14(18-15(16)17-11)19-5-7-21-8-6-19/h9H,2-8H2,1H3. The zero-order chi connectivity index (χ0) is 16.2. The van der Waals surface area contributed by atoms with Crippen LogP contribution in [-0.2, 0) is 20.7 Å². The maximum atomic E-state index is 11.5. The lowest BCUT2D eigenvalue weighted by Gasteiger charge is -2.28. The Morgan fingerprint density at radius 3 is 2.96 bits per heavy atom. The predicted molar refractivity (Wildman–Crippen MR) is 90.4 cm³/mol. The predicted octanol–water partition coefficient (Wildman–Crippen LogP) is 2.68. The minimum absolute atomic E-state index is 0.178. The van der Waals surface area contributed by atoms with Gasteiger partial charge in [-0.1, -0.05) is 0 Å². The number of morpholine rings is 1. The number of anilines is 1. The Hall–Kier alpha value is -1.44. The fraction of sp³-hybridized carbons (Fsp3) is 0.533. The van der Waals surface area contributed by atoms with Gasteiger partial charge < -0.3 is 14.4 Å². The largest absolute Gasteiger partial charge is 0.466 e. The Morgan fingerprint density at radius 1 is 1.43 bits per heavy atom. The molecule has 8 heteroatoms. The maximum Gasteiger partial charge on any atom is 0.306 e. The Kier molecular flexibility index (Phi) is 5.30. The van der Waals surface area contributed by atoms with Gasteiger partial charge in [0.25, 0.3) is 0 Å². The molecule has 0 bridgehead atoms. The van der Waals surface area contributed by atoms with Gasteiger partial charge in [-0.05, 0) is 31.0 Å². The van der Waals surface area contributed by atoms with E-state index in [4.69, 9.17) is 21.1 Å². The van der Waals surface area contributed by atoms with E-state index < -0.39 is 0 Å². The number of rotatable bonds is 5. The number of nitrogens with zero attached hydrogens (tertiary/aromatic N) is 3. The Balaban J connectivity index is 1.84. The first-order valence-corrected chi connectivity index (χ1v) is 8.81. The highest BCUT2D eigenvalue weighted by Gasteiger charge is 2.19. The number of fused-ring (bicyclic) bond motifs is 1. The SMILES string of the molecule is CCOC(=O)CCc1cc2nc(Cl)nc(N3CCOCC3)c2s1. The molecule has 3 heterocycles. The van der Waals surface area contributed by atoms with Crippen molar-refractivity contribution in [3.8, 4) is 0 Å². The second-order valence-corrected chi connectivity index (χ2v) is 6.62. The van der Waals surface area contributed by atoms with Crippen molar-refractivity contribution in [3.05, 3.63) is 16.2 Å². The topological polar surface area (TPSA) is 64.5 Å². The minimum atomic E-state index is -0.178. The maximum absolute atomic E-state index is 11.5. The number of hydrogen-bond acceptors (Lipinski definition) is 7. The third-order valence-electron chi connectivity index (χ3n) is 3.57. The molecule has 1 aliphatic rings. The highest BCUT2D eigenvalue weighted by atomic mass is 35.5. The van der Waals surface area contributed by atoms with Gasteiger partial charge in [-0.3, -0.25) is 4.79 Å². The zero-order valence-corrected chi connectivity index (χ0v) is 14.5. The van der Waals surface area contributed by atoms with Crippen molar-refractivity contribution in [1.82, 2.24) is 9.97 Å². The molecule has 0 spiro atoms. The molecule has 1 fully saturated rings. The molecular formula is C15H18ClN3O3S. The first kappa shape index (κ1) is 16.4. The van der Waals surface area contributed by atoms with Crippen molar-refractivity contribution in [2.24, 2.45) is 0 Å². The number of aromatic nitrogens is 2. The molecule has 0 radical (unpaired) electrons. The van der Waals surface area contributed by atoms with Crippen LogP contribution >= 0.6 is 22.9 Å². The van der Waals surface area contributed by atoms with Crippen molar-refractivity contribution in [1.29, 1.82) is 0 Å².